The fraction of sp³-hybridized carbons (Fsp3) is 0.458. The number of hydrogen-bond acceptors (Lipinski definition) is 6. The number of aromatic nitrogens is 3. The first-order valence-corrected chi connectivity index (χ1v) is 11.2. The zero-order chi connectivity index (χ0) is 23.7. The summed E-state index contributed by atoms with van der Waals surface area (Å²) in [5, 5.41) is 21.9. The molecule has 1 aromatic carbocycles. The van der Waals surface area contributed by atoms with E-state index in [9.17, 15) is 19.8 Å². The molecule has 2 atom stereocenters. The molecule has 176 valence electrons. The number of aliphatic carboxylic acids is 1. The summed E-state index contributed by atoms with van der Waals surface area (Å²) in [5.41, 5.74) is 4.14. The molecule has 1 fully saturated rings. The second-order valence-electron chi connectivity index (χ2n) is 8.74. The SMILES string of the molecule is Cc1cc(-c2nc3cc(CNC(C(=O)O)C(C)O)ccc3n2C2CCOCC2)cn(C)c1=O. The molecule has 0 spiro atoms. The second-order valence-corrected chi connectivity index (χ2v) is 8.74. The number of nitrogens with one attached hydrogen (secondary N) is 1. The number of aliphatic hydroxyl groups is 1. The van der Waals surface area contributed by atoms with Gasteiger partial charge in [-0.2, -0.15) is 0 Å². The summed E-state index contributed by atoms with van der Waals surface area (Å²) in [6, 6.07) is 6.95. The van der Waals surface area contributed by atoms with Crippen LogP contribution in [-0.2, 0) is 23.1 Å². The van der Waals surface area contributed by atoms with Crippen molar-refractivity contribution in [3.8, 4) is 11.4 Å². The van der Waals surface area contributed by atoms with E-state index in [0.29, 0.717) is 18.8 Å². The average molecular weight is 455 g/mol. The molecule has 9 heteroatoms. The number of aryl methyl sites for hydroxylation is 2. The van der Waals surface area contributed by atoms with E-state index in [1.54, 1.807) is 18.5 Å². The number of fused-ring (bicyclic) bond motifs is 1. The number of rotatable bonds is 7. The van der Waals surface area contributed by atoms with Crippen molar-refractivity contribution in [2.75, 3.05) is 13.2 Å². The monoisotopic (exact) mass is 454 g/mol. The van der Waals surface area contributed by atoms with Gasteiger partial charge in [0.15, 0.2) is 0 Å². The number of hydrogen-bond donors (Lipinski definition) is 3. The number of aliphatic hydroxyl groups excluding tert-OH is 1. The molecule has 1 saturated heterocycles. The van der Waals surface area contributed by atoms with Crippen LogP contribution in [0.5, 0.6) is 0 Å². The third-order valence-corrected chi connectivity index (χ3v) is 6.21. The highest BCUT2D eigenvalue weighted by atomic mass is 16.5. The van der Waals surface area contributed by atoms with Gasteiger partial charge in [0, 0.05) is 50.2 Å². The first kappa shape index (κ1) is 23.2. The van der Waals surface area contributed by atoms with Crippen LogP contribution < -0.4 is 10.9 Å². The van der Waals surface area contributed by atoms with E-state index in [0.717, 1.165) is 40.8 Å². The Bertz CT molecular complexity index is 1200. The number of carboxylic acid groups (broad SMARTS) is 1. The van der Waals surface area contributed by atoms with Crippen molar-refractivity contribution in [3.63, 3.8) is 0 Å². The van der Waals surface area contributed by atoms with Gasteiger partial charge in [-0.05, 0) is 50.5 Å². The smallest absolute Gasteiger partial charge is 0.323 e. The molecule has 3 N–H and O–H groups in total. The molecule has 33 heavy (non-hydrogen) atoms. The predicted molar refractivity (Wildman–Crippen MR) is 124 cm³/mol. The standard InChI is InChI=1S/C24H30N4O5/c1-14-10-17(13-27(3)23(14)30)22-26-19-11-16(12-25-21(15(2)29)24(31)32)4-5-20(19)28(22)18-6-8-33-9-7-18/h4-5,10-11,13,15,18,21,25,29H,6-9,12H2,1-3H3,(H,31,32). The molecule has 1 aliphatic heterocycles. The molecule has 1 aliphatic rings. The van der Waals surface area contributed by atoms with E-state index in [1.807, 2.05) is 30.5 Å². The molecule has 4 rings (SSSR count). The summed E-state index contributed by atoms with van der Waals surface area (Å²) in [7, 11) is 1.74. The molecule has 0 bridgehead atoms. The van der Waals surface area contributed by atoms with E-state index in [1.165, 1.54) is 6.92 Å². The van der Waals surface area contributed by atoms with Crippen molar-refractivity contribution in [2.45, 2.75) is 51.4 Å². The molecule has 2 aromatic heterocycles. The average Bonchev–Trinajstić information content (AvgIpc) is 3.16. The Morgan fingerprint density at radius 3 is 2.67 bits per heavy atom. The van der Waals surface area contributed by atoms with Gasteiger partial charge in [0.2, 0.25) is 0 Å². The van der Waals surface area contributed by atoms with Crippen LogP contribution in [0.15, 0.2) is 35.3 Å². The zero-order valence-electron chi connectivity index (χ0n) is 19.1. The van der Waals surface area contributed by atoms with Crippen molar-refractivity contribution in [3.05, 3.63) is 51.9 Å². The Labute approximate surface area is 191 Å². The topological polar surface area (TPSA) is 119 Å². The summed E-state index contributed by atoms with van der Waals surface area (Å²) in [6.07, 6.45) is 2.55. The lowest BCUT2D eigenvalue weighted by Crippen LogP contribution is -2.44. The van der Waals surface area contributed by atoms with Crippen LogP contribution in [0.2, 0.25) is 0 Å². The van der Waals surface area contributed by atoms with Crippen molar-refractivity contribution in [2.24, 2.45) is 7.05 Å². The summed E-state index contributed by atoms with van der Waals surface area (Å²) < 4.78 is 9.38. The second kappa shape index (κ2) is 9.46. The van der Waals surface area contributed by atoms with Crippen molar-refractivity contribution in [1.29, 1.82) is 0 Å². The molecule has 0 aliphatic carbocycles. The van der Waals surface area contributed by atoms with E-state index in [-0.39, 0.29) is 18.1 Å². The van der Waals surface area contributed by atoms with Crippen LogP contribution >= 0.6 is 0 Å². The molecule has 2 unspecified atom stereocenters. The minimum absolute atomic E-state index is 0.0352. The van der Waals surface area contributed by atoms with Gasteiger partial charge in [-0.1, -0.05) is 6.07 Å². The minimum Gasteiger partial charge on any atom is -0.480 e. The number of nitrogens with zero attached hydrogens (tertiary/aromatic N) is 3. The van der Waals surface area contributed by atoms with E-state index in [4.69, 9.17) is 9.72 Å². The van der Waals surface area contributed by atoms with Crippen LogP contribution in [0.1, 0.15) is 36.9 Å². The lowest BCUT2D eigenvalue weighted by Gasteiger charge is -2.26. The van der Waals surface area contributed by atoms with Gasteiger partial charge in [-0.15, -0.1) is 0 Å². The highest BCUT2D eigenvalue weighted by Crippen LogP contribution is 2.33. The van der Waals surface area contributed by atoms with Gasteiger partial charge in [-0.3, -0.25) is 14.9 Å². The maximum atomic E-state index is 12.2. The van der Waals surface area contributed by atoms with Crippen molar-refractivity contribution >= 4 is 17.0 Å². The minimum atomic E-state index is -1.10. The molecule has 3 aromatic rings. The van der Waals surface area contributed by atoms with Crippen LogP contribution in [0, 0.1) is 6.92 Å². The molecular formula is C24H30N4O5. The van der Waals surface area contributed by atoms with Crippen molar-refractivity contribution < 1.29 is 19.7 Å². The van der Waals surface area contributed by atoms with Gasteiger partial charge >= 0.3 is 5.97 Å². The predicted octanol–water partition coefficient (Wildman–Crippen LogP) is 1.99. The third-order valence-electron chi connectivity index (χ3n) is 6.21. The number of benzene rings is 1. The normalized spacial score (nSPS) is 16.7. The number of carbonyl (C=O) groups is 1. The van der Waals surface area contributed by atoms with Crippen LogP contribution in [-0.4, -0.2) is 55.7 Å². The quantitative estimate of drug-likeness (QED) is 0.500. The highest BCUT2D eigenvalue weighted by Gasteiger charge is 2.24. The molecule has 0 saturated carbocycles. The van der Waals surface area contributed by atoms with Gasteiger partial charge in [0.05, 0.1) is 17.1 Å². The number of carboxylic acids is 1. The summed E-state index contributed by atoms with van der Waals surface area (Å²) in [6.45, 7) is 4.92. The number of imidazole rings is 1. The Balaban J connectivity index is 1.76. The van der Waals surface area contributed by atoms with E-state index in [2.05, 4.69) is 9.88 Å². The third kappa shape index (κ3) is 4.71. The van der Waals surface area contributed by atoms with E-state index >= 15 is 0 Å². The van der Waals surface area contributed by atoms with Crippen LogP contribution in [0.25, 0.3) is 22.4 Å². The Kier molecular flexibility index (Phi) is 6.64. The lowest BCUT2D eigenvalue weighted by atomic mass is 10.1. The summed E-state index contributed by atoms with van der Waals surface area (Å²) >= 11 is 0. The van der Waals surface area contributed by atoms with Gasteiger partial charge in [-0.25, -0.2) is 4.98 Å². The highest BCUT2D eigenvalue weighted by molar-refractivity contribution is 5.81. The first-order chi connectivity index (χ1) is 15.8. The Morgan fingerprint density at radius 1 is 1.30 bits per heavy atom. The fourth-order valence-corrected chi connectivity index (χ4v) is 4.46. The fourth-order valence-electron chi connectivity index (χ4n) is 4.46. The Hall–Kier alpha value is -3.01. The summed E-state index contributed by atoms with van der Waals surface area (Å²) in [4.78, 5) is 28.5. The van der Waals surface area contributed by atoms with Gasteiger partial charge < -0.3 is 24.1 Å². The van der Waals surface area contributed by atoms with Crippen molar-refractivity contribution in [1.82, 2.24) is 19.4 Å². The molecule has 9 nitrogen and oxygen atoms in total. The first-order valence-electron chi connectivity index (χ1n) is 11.2. The molecule has 0 radical (unpaired) electrons. The lowest BCUT2D eigenvalue weighted by molar-refractivity contribution is -0.142. The van der Waals surface area contributed by atoms with Crippen LogP contribution in [0.4, 0.5) is 0 Å². The maximum Gasteiger partial charge on any atom is 0.323 e. The van der Waals surface area contributed by atoms with Crippen LogP contribution in [0.3, 0.4) is 0 Å². The molecular weight excluding hydrogens is 424 g/mol. The van der Waals surface area contributed by atoms with Gasteiger partial charge in [0.25, 0.3) is 5.56 Å². The zero-order valence-corrected chi connectivity index (χ0v) is 19.1. The summed E-state index contributed by atoms with van der Waals surface area (Å²) in [5.74, 6) is -0.296. The Morgan fingerprint density at radius 2 is 2.03 bits per heavy atom. The maximum absolute atomic E-state index is 12.2. The number of ether oxygens (including phenoxy) is 1. The number of pyridine rings is 1. The molecule has 0 amide bonds. The molecule has 3 heterocycles. The largest absolute Gasteiger partial charge is 0.480 e. The van der Waals surface area contributed by atoms with E-state index < -0.39 is 18.1 Å². The van der Waals surface area contributed by atoms with Gasteiger partial charge in [0.1, 0.15) is 11.9 Å².